The number of halogens is 3. The zero-order valence-electron chi connectivity index (χ0n) is 21.6. The second kappa shape index (κ2) is 13.6. The average Bonchev–Trinajstić information content (AvgIpc) is 3.38. The van der Waals surface area contributed by atoms with Crippen LogP contribution >= 0.6 is 34.5 Å². The fourth-order valence-electron chi connectivity index (χ4n) is 4.98. The summed E-state index contributed by atoms with van der Waals surface area (Å²) in [5.41, 5.74) is 2.66. The zero-order chi connectivity index (χ0) is 27.1. The van der Waals surface area contributed by atoms with E-state index >= 15 is 0 Å². The highest BCUT2D eigenvalue weighted by atomic mass is 35.5. The highest BCUT2D eigenvalue weighted by molar-refractivity contribution is 7.10. The van der Waals surface area contributed by atoms with Gasteiger partial charge in [-0.2, -0.15) is 0 Å². The molecule has 2 aromatic carbocycles. The number of rotatable bonds is 11. The molecule has 1 aliphatic heterocycles. The summed E-state index contributed by atoms with van der Waals surface area (Å²) in [4.78, 5) is 31.9. The van der Waals surface area contributed by atoms with Crippen LogP contribution in [0.15, 0.2) is 53.9 Å². The van der Waals surface area contributed by atoms with Crippen molar-refractivity contribution in [3.63, 3.8) is 0 Å². The fraction of sp³-hybridized carbons (Fsp3) is 0.400. The van der Waals surface area contributed by atoms with Gasteiger partial charge < -0.3 is 9.80 Å². The summed E-state index contributed by atoms with van der Waals surface area (Å²) in [6.45, 7) is 2.90. The summed E-state index contributed by atoms with van der Waals surface area (Å²) in [6, 6.07) is 13.1. The lowest BCUT2D eigenvalue weighted by atomic mass is 9.93. The molecule has 202 valence electrons. The monoisotopic (exact) mass is 574 g/mol. The van der Waals surface area contributed by atoms with E-state index in [9.17, 15) is 14.0 Å². The molecule has 1 aliphatic rings. The molecule has 0 aliphatic carbocycles. The topological polar surface area (TPSA) is 40.6 Å². The second-order valence-corrected chi connectivity index (χ2v) is 11.6. The SMILES string of the molecule is CCCCCCCC(=O)N(CC(=O)N1CCc2sccc2[C@@H]1c1ccc(Cl)cc1Cl)Cc1ccc(F)cc1. The van der Waals surface area contributed by atoms with Crippen LogP contribution in [0.5, 0.6) is 0 Å². The van der Waals surface area contributed by atoms with Crippen LogP contribution in [0.3, 0.4) is 0 Å². The van der Waals surface area contributed by atoms with E-state index in [1.54, 1.807) is 40.5 Å². The minimum atomic E-state index is -0.348. The Balaban J connectivity index is 1.56. The summed E-state index contributed by atoms with van der Waals surface area (Å²) >= 11 is 14.5. The van der Waals surface area contributed by atoms with Crippen molar-refractivity contribution >= 4 is 46.4 Å². The Morgan fingerprint density at radius 3 is 2.53 bits per heavy atom. The molecular formula is C30H33Cl2FN2O2S. The number of thiophene rings is 1. The van der Waals surface area contributed by atoms with Crippen LogP contribution in [0.2, 0.25) is 10.0 Å². The van der Waals surface area contributed by atoms with E-state index in [0.717, 1.165) is 55.2 Å². The Bertz CT molecular complexity index is 1250. The number of benzene rings is 2. The van der Waals surface area contributed by atoms with Gasteiger partial charge in [-0.3, -0.25) is 9.59 Å². The van der Waals surface area contributed by atoms with Gasteiger partial charge in [0.25, 0.3) is 0 Å². The van der Waals surface area contributed by atoms with Crippen molar-refractivity contribution in [2.24, 2.45) is 0 Å². The molecule has 1 atom stereocenters. The molecule has 0 fully saturated rings. The normalized spacial score (nSPS) is 14.8. The summed E-state index contributed by atoms with van der Waals surface area (Å²) in [6.07, 6.45) is 6.31. The minimum Gasteiger partial charge on any atom is -0.330 e. The van der Waals surface area contributed by atoms with Gasteiger partial charge in [0, 0.05) is 34.4 Å². The van der Waals surface area contributed by atoms with E-state index < -0.39 is 0 Å². The Hall–Kier alpha value is -2.41. The largest absolute Gasteiger partial charge is 0.330 e. The minimum absolute atomic E-state index is 0.0493. The molecule has 0 unspecified atom stereocenters. The maximum Gasteiger partial charge on any atom is 0.243 e. The van der Waals surface area contributed by atoms with Gasteiger partial charge in [-0.15, -0.1) is 11.3 Å². The predicted octanol–water partition coefficient (Wildman–Crippen LogP) is 8.06. The first-order chi connectivity index (χ1) is 18.4. The van der Waals surface area contributed by atoms with Crippen molar-refractivity contribution < 1.29 is 14.0 Å². The molecule has 1 aromatic heterocycles. The molecule has 0 bridgehead atoms. The van der Waals surface area contributed by atoms with Gasteiger partial charge in [0.2, 0.25) is 11.8 Å². The Labute approximate surface area is 238 Å². The number of hydrogen-bond acceptors (Lipinski definition) is 3. The van der Waals surface area contributed by atoms with E-state index in [-0.39, 0.29) is 36.8 Å². The first-order valence-electron chi connectivity index (χ1n) is 13.2. The molecule has 0 spiro atoms. The van der Waals surface area contributed by atoms with E-state index in [1.807, 2.05) is 22.4 Å². The Kier molecular flexibility index (Phi) is 10.2. The quantitative estimate of drug-likeness (QED) is 0.217. The summed E-state index contributed by atoms with van der Waals surface area (Å²) in [5.74, 6) is -0.533. The highest BCUT2D eigenvalue weighted by Gasteiger charge is 2.35. The number of nitrogens with zero attached hydrogens (tertiary/aromatic N) is 2. The number of unbranched alkanes of at least 4 members (excludes halogenated alkanes) is 4. The van der Waals surface area contributed by atoms with Crippen molar-refractivity contribution in [3.05, 3.63) is 91.3 Å². The number of amides is 2. The van der Waals surface area contributed by atoms with Crippen LogP contribution < -0.4 is 0 Å². The molecule has 0 saturated carbocycles. The first-order valence-corrected chi connectivity index (χ1v) is 14.8. The van der Waals surface area contributed by atoms with Crippen molar-refractivity contribution in [2.75, 3.05) is 13.1 Å². The molecule has 2 amide bonds. The van der Waals surface area contributed by atoms with Crippen molar-refractivity contribution in [1.29, 1.82) is 0 Å². The van der Waals surface area contributed by atoms with Crippen LogP contribution in [0.1, 0.15) is 73.1 Å². The summed E-state index contributed by atoms with van der Waals surface area (Å²) < 4.78 is 13.5. The Morgan fingerprint density at radius 2 is 1.79 bits per heavy atom. The van der Waals surface area contributed by atoms with E-state index in [2.05, 4.69) is 6.92 Å². The Morgan fingerprint density at radius 1 is 1.03 bits per heavy atom. The first kappa shape index (κ1) is 28.6. The number of carbonyl (C=O) groups excluding carboxylic acids is 2. The third-order valence-corrected chi connectivity index (χ3v) is 8.56. The third-order valence-electron chi connectivity index (χ3n) is 7.00. The van der Waals surface area contributed by atoms with E-state index in [0.29, 0.717) is 23.0 Å². The van der Waals surface area contributed by atoms with Gasteiger partial charge in [0.1, 0.15) is 12.4 Å². The van der Waals surface area contributed by atoms with Crippen molar-refractivity contribution in [1.82, 2.24) is 9.80 Å². The van der Waals surface area contributed by atoms with Crippen molar-refractivity contribution in [3.8, 4) is 0 Å². The molecular weight excluding hydrogens is 542 g/mol. The maximum absolute atomic E-state index is 13.9. The van der Waals surface area contributed by atoms with Crippen LogP contribution in [0.4, 0.5) is 4.39 Å². The van der Waals surface area contributed by atoms with Gasteiger partial charge in [-0.05, 0) is 65.2 Å². The highest BCUT2D eigenvalue weighted by Crippen LogP contribution is 2.41. The lowest BCUT2D eigenvalue weighted by Gasteiger charge is -2.38. The van der Waals surface area contributed by atoms with Crippen LogP contribution in [-0.4, -0.2) is 34.7 Å². The van der Waals surface area contributed by atoms with Gasteiger partial charge in [0.05, 0.1) is 6.04 Å². The van der Waals surface area contributed by atoms with Crippen LogP contribution in [0.25, 0.3) is 0 Å². The van der Waals surface area contributed by atoms with Gasteiger partial charge >= 0.3 is 0 Å². The molecule has 0 radical (unpaired) electrons. The number of fused-ring (bicyclic) bond motifs is 1. The summed E-state index contributed by atoms with van der Waals surface area (Å²) in [5, 5.41) is 3.08. The summed E-state index contributed by atoms with van der Waals surface area (Å²) in [7, 11) is 0. The van der Waals surface area contributed by atoms with Crippen LogP contribution in [-0.2, 0) is 22.6 Å². The molecule has 8 heteroatoms. The zero-order valence-corrected chi connectivity index (χ0v) is 23.9. The fourth-order valence-corrected chi connectivity index (χ4v) is 6.39. The van der Waals surface area contributed by atoms with E-state index in [4.69, 9.17) is 23.2 Å². The van der Waals surface area contributed by atoms with Gasteiger partial charge in [-0.25, -0.2) is 4.39 Å². The van der Waals surface area contributed by atoms with Gasteiger partial charge in [-0.1, -0.05) is 74.0 Å². The predicted molar refractivity (Wildman–Crippen MR) is 153 cm³/mol. The number of hydrogen-bond donors (Lipinski definition) is 0. The lowest BCUT2D eigenvalue weighted by molar-refractivity contribution is -0.142. The standard InChI is InChI=1S/C30H33Cl2FN2O2S/c1-2-3-4-5-6-7-28(36)34(19-21-8-11-23(33)12-9-21)20-29(37)35-16-14-27-25(15-17-38-27)30(35)24-13-10-22(31)18-26(24)32/h8-13,15,17-18,30H,2-7,14,16,19-20H2,1H3/t30-/m0/s1. The molecule has 0 saturated heterocycles. The lowest BCUT2D eigenvalue weighted by Crippen LogP contribution is -2.46. The van der Waals surface area contributed by atoms with Gasteiger partial charge in [0.15, 0.2) is 0 Å². The van der Waals surface area contributed by atoms with Crippen molar-refractivity contribution in [2.45, 2.75) is 64.5 Å². The molecule has 2 heterocycles. The molecule has 0 N–H and O–H groups in total. The third kappa shape index (κ3) is 7.16. The molecule has 3 aromatic rings. The molecule has 4 nitrogen and oxygen atoms in total. The van der Waals surface area contributed by atoms with Crippen LogP contribution in [0, 0.1) is 5.82 Å². The molecule has 38 heavy (non-hydrogen) atoms. The van der Waals surface area contributed by atoms with E-state index in [1.165, 1.54) is 17.0 Å². The second-order valence-electron chi connectivity index (χ2n) is 9.75. The number of carbonyl (C=O) groups is 2. The average molecular weight is 576 g/mol. The maximum atomic E-state index is 13.9. The smallest absolute Gasteiger partial charge is 0.243 e. The molecule has 4 rings (SSSR count).